The number of benzene rings is 1. The van der Waals surface area contributed by atoms with E-state index in [2.05, 4.69) is 11.4 Å². The van der Waals surface area contributed by atoms with Crippen LogP contribution in [0.2, 0.25) is 0 Å². The zero-order chi connectivity index (χ0) is 15.0. The molecule has 1 aromatic carbocycles. The quantitative estimate of drug-likeness (QED) is 0.805. The number of nitrogens with zero attached hydrogens (tertiary/aromatic N) is 1. The van der Waals surface area contributed by atoms with Crippen LogP contribution in [-0.4, -0.2) is 26.7 Å². The fourth-order valence-electron chi connectivity index (χ4n) is 1.49. The summed E-state index contributed by atoms with van der Waals surface area (Å²) in [6, 6.07) is 7.43. The number of nitriles is 1. The zero-order valence-electron chi connectivity index (χ0n) is 11.8. The lowest BCUT2D eigenvalue weighted by atomic mass is 10.2. The highest BCUT2D eigenvalue weighted by Gasteiger charge is 2.04. The Morgan fingerprint density at radius 1 is 1.40 bits per heavy atom. The maximum absolute atomic E-state index is 11.6. The van der Waals surface area contributed by atoms with Crippen LogP contribution in [0.1, 0.15) is 12.5 Å². The molecule has 0 aliphatic carbocycles. The van der Waals surface area contributed by atoms with Crippen molar-refractivity contribution in [2.24, 2.45) is 5.92 Å². The second-order valence-corrected chi connectivity index (χ2v) is 4.22. The molecule has 0 aliphatic heterocycles. The van der Waals surface area contributed by atoms with E-state index in [1.165, 1.54) is 6.08 Å². The fraction of sp³-hybridized carbons (Fsp3) is 0.333. The summed E-state index contributed by atoms with van der Waals surface area (Å²) in [5.74, 6) is 0.806. The zero-order valence-corrected chi connectivity index (χ0v) is 11.8. The summed E-state index contributed by atoms with van der Waals surface area (Å²) in [5, 5.41) is 11.3. The molecule has 5 nitrogen and oxygen atoms in total. The van der Waals surface area contributed by atoms with Crippen molar-refractivity contribution in [3.05, 3.63) is 29.8 Å². The minimum Gasteiger partial charge on any atom is -0.493 e. The molecule has 0 bridgehead atoms. The highest BCUT2D eigenvalue weighted by atomic mass is 16.5. The Hall–Kier alpha value is -2.48. The minimum atomic E-state index is -0.234. The molecule has 1 aromatic rings. The van der Waals surface area contributed by atoms with Gasteiger partial charge in [-0.25, -0.2) is 0 Å². The lowest BCUT2D eigenvalue weighted by Gasteiger charge is -2.07. The average Bonchev–Trinajstić information content (AvgIpc) is 2.49. The Balaban J connectivity index is 2.66. The normalized spacial score (nSPS) is 11.7. The minimum absolute atomic E-state index is 0.201. The Morgan fingerprint density at radius 3 is 2.70 bits per heavy atom. The van der Waals surface area contributed by atoms with E-state index in [1.807, 2.05) is 6.07 Å². The lowest BCUT2D eigenvalue weighted by molar-refractivity contribution is -0.116. The maximum Gasteiger partial charge on any atom is 0.244 e. The molecule has 0 heterocycles. The SMILES string of the molecule is COc1ccc(C=CC(=O)NCC(C)C#N)cc1OC. The average molecular weight is 274 g/mol. The van der Waals surface area contributed by atoms with Gasteiger partial charge < -0.3 is 14.8 Å². The van der Waals surface area contributed by atoms with Crippen molar-refractivity contribution in [2.75, 3.05) is 20.8 Å². The second kappa shape index (κ2) is 7.85. The summed E-state index contributed by atoms with van der Waals surface area (Å²) in [7, 11) is 3.12. The number of hydrogen-bond donors (Lipinski definition) is 1. The molecule has 1 rings (SSSR count). The van der Waals surface area contributed by atoms with Gasteiger partial charge in [0.1, 0.15) is 0 Å². The van der Waals surface area contributed by atoms with Crippen molar-refractivity contribution in [3.8, 4) is 17.6 Å². The molecule has 20 heavy (non-hydrogen) atoms. The third-order valence-electron chi connectivity index (χ3n) is 2.64. The molecule has 5 heteroatoms. The standard InChI is InChI=1S/C15H18N2O3/c1-11(9-16)10-17-15(18)7-5-12-4-6-13(19-2)14(8-12)20-3/h4-8,11H,10H2,1-3H3,(H,17,18). The van der Waals surface area contributed by atoms with E-state index >= 15 is 0 Å². The van der Waals surface area contributed by atoms with Gasteiger partial charge in [-0.2, -0.15) is 5.26 Å². The van der Waals surface area contributed by atoms with Crippen LogP contribution in [0.15, 0.2) is 24.3 Å². The summed E-state index contributed by atoms with van der Waals surface area (Å²) in [6.07, 6.45) is 3.10. The van der Waals surface area contributed by atoms with Crippen LogP contribution in [0, 0.1) is 17.2 Å². The Kier molecular flexibility index (Phi) is 6.11. The first-order valence-corrected chi connectivity index (χ1v) is 6.18. The van der Waals surface area contributed by atoms with Gasteiger partial charge in [0, 0.05) is 12.6 Å². The lowest BCUT2D eigenvalue weighted by Crippen LogP contribution is -2.25. The summed E-state index contributed by atoms with van der Waals surface area (Å²) in [4.78, 5) is 11.6. The van der Waals surface area contributed by atoms with E-state index < -0.39 is 0 Å². The van der Waals surface area contributed by atoms with E-state index in [9.17, 15) is 4.79 Å². The van der Waals surface area contributed by atoms with E-state index in [0.717, 1.165) is 5.56 Å². The first-order chi connectivity index (χ1) is 9.60. The van der Waals surface area contributed by atoms with Gasteiger partial charge in [0.2, 0.25) is 5.91 Å². The van der Waals surface area contributed by atoms with Gasteiger partial charge in [0.15, 0.2) is 11.5 Å². The van der Waals surface area contributed by atoms with Crippen LogP contribution in [-0.2, 0) is 4.79 Å². The Bertz CT molecular complexity index is 532. The van der Waals surface area contributed by atoms with Gasteiger partial charge in [0.05, 0.1) is 26.2 Å². The van der Waals surface area contributed by atoms with Crippen molar-refractivity contribution in [1.29, 1.82) is 5.26 Å². The van der Waals surface area contributed by atoms with Gasteiger partial charge in [-0.1, -0.05) is 6.07 Å². The molecular weight excluding hydrogens is 256 g/mol. The number of nitrogens with one attached hydrogen (secondary N) is 1. The van der Waals surface area contributed by atoms with Gasteiger partial charge in [-0.15, -0.1) is 0 Å². The maximum atomic E-state index is 11.6. The third-order valence-corrected chi connectivity index (χ3v) is 2.64. The van der Waals surface area contributed by atoms with E-state index in [0.29, 0.717) is 18.0 Å². The first kappa shape index (κ1) is 15.6. The molecule has 106 valence electrons. The fourth-order valence-corrected chi connectivity index (χ4v) is 1.49. The predicted molar refractivity (Wildman–Crippen MR) is 76.4 cm³/mol. The van der Waals surface area contributed by atoms with E-state index in [1.54, 1.807) is 39.4 Å². The molecule has 0 aliphatic rings. The van der Waals surface area contributed by atoms with Crippen molar-refractivity contribution >= 4 is 12.0 Å². The molecule has 1 unspecified atom stereocenters. The van der Waals surface area contributed by atoms with Crippen LogP contribution < -0.4 is 14.8 Å². The number of hydrogen-bond acceptors (Lipinski definition) is 4. The summed E-state index contributed by atoms with van der Waals surface area (Å²) in [5.41, 5.74) is 0.825. The molecule has 0 aromatic heterocycles. The number of carbonyl (C=O) groups is 1. The molecule has 1 atom stereocenters. The summed E-state index contributed by atoms with van der Waals surface area (Å²) >= 11 is 0. The first-order valence-electron chi connectivity index (χ1n) is 6.18. The summed E-state index contributed by atoms with van der Waals surface area (Å²) < 4.78 is 10.3. The van der Waals surface area contributed by atoms with Crippen molar-refractivity contribution in [3.63, 3.8) is 0 Å². The number of methoxy groups -OCH3 is 2. The monoisotopic (exact) mass is 274 g/mol. The Labute approximate surface area is 118 Å². The molecule has 1 amide bonds. The van der Waals surface area contributed by atoms with Gasteiger partial charge in [-0.3, -0.25) is 4.79 Å². The number of carbonyl (C=O) groups excluding carboxylic acids is 1. The summed E-state index contributed by atoms with van der Waals surface area (Å²) in [6.45, 7) is 2.09. The van der Waals surface area contributed by atoms with Crippen LogP contribution >= 0.6 is 0 Å². The van der Waals surface area contributed by atoms with E-state index in [-0.39, 0.29) is 11.8 Å². The molecule has 0 saturated carbocycles. The van der Waals surface area contributed by atoms with Gasteiger partial charge in [0.25, 0.3) is 0 Å². The van der Waals surface area contributed by atoms with Crippen molar-refractivity contribution in [2.45, 2.75) is 6.92 Å². The van der Waals surface area contributed by atoms with Gasteiger partial charge in [-0.05, 0) is 30.7 Å². The van der Waals surface area contributed by atoms with Crippen LogP contribution in [0.5, 0.6) is 11.5 Å². The predicted octanol–water partition coefficient (Wildman–Crippen LogP) is 1.99. The highest BCUT2D eigenvalue weighted by molar-refractivity contribution is 5.91. The molecule has 0 radical (unpaired) electrons. The molecule has 0 fully saturated rings. The van der Waals surface area contributed by atoms with Crippen LogP contribution in [0.3, 0.4) is 0 Å². The van der Waals surface area contributed by atoms with Crippen molar-refractivity contribution < 1.29 is 14.3 Å². The number of rotatable bonds is 6. The Morgan fingerprint density at radius 2 is 2.10 bits per heavy atom. The number of ether oxygens (including phenoxy) is 2. The van der Waals surface area contributed by atoms with E-state index in [4.69, 9.17) is 14.7 Å². The van der Waals surface area contributed by atoms with Crippen molar-refractivity contribution in [1.82, 2.24) is 5.32 Å². The highest BCUT2D eigenvalue weighted by Crippen LogP contribution is 2.27. The molecule has 1 N–H and O–H groups in total. The largest absolute Gasteiger partial charge is 0.493 e. The van der Waals surface area contributed by atoms with Crippen LogP contribution in [0.4, 0.5) is 0 Å². The topological polar surface area (TPSA) is 71.3 Å². The number of amides is 1. The smallest absolute Gasteiger partial charge is 0.244 e. The van der Waals surface area contributed by atoms with Crippen LogP contribution in [0.25, 0.3) is 6.08 Å². The van der Waals surface area contributed by atoms with Gasteiger partial charge >= 0.3 is 0 Å². The molecular formula is C15H18N2O3. The molecule has 0 saturated heterocycles. The second-order valence-electron chi connectivity index (χ2n) is 4.22. The molecule has 0 spiro atoms. The third kappa shape index (κ3) is 4.65.